The molecule has 3 rings (SSSR count). The number of aromatic nitrogens is 2. The van der Waals surface area contributed by atoms with Gasteiger partial charge in [-0.1, -0.05) is 62.9 Å². The van der Waals surface area contributed by atoms with Crippen molar-refractivity contribution in [2.24, 2.45) is 0 Å². The fourth-order valence-electron chi connectivity index (χ4n) is 3.33. The van der Waals surface area contributed by atoms with Crippen LogP contribution in [0.5, 0.6) is 0 Å². The van der Waals surface area contributed by atoms with Crippen LogP contribution in [0.4, 0.5) is 5.69 Å². The van der Waals surface area contributed by atoms with E-state index in [1.54, 1.807) is 10.6 Å². The third-order valence-corrected chi connectivity index (χ3v) is 5.77. The minimum absolute atomic E-state index is 0.0543. The Hall–Kier alpha value is -2.60. The molecule has 1 aromatic heterocycles. The van der Waals surface area contributed by atoms with Crippen molar-refractivity contribution in [2.45, 2.75) is 51.7 Å². The monoisotopic (exact) mass is 409 g/mol. The summed E-state index contributed by atoms with van der Waals surface area (Å²) in [5, 5.41) is 4.25. The van der Waals surface area contributed by atoms with Crippen molar-refractivity contribution in [3.05, 3.63) is 63.9 Å². The highest BCUT2D eigenvalue weighted by atomic mass is 32.2. The fraction of sp³-hybridized carbons (Fsp3) is 0.348. The van der Waals surface area contributed by atoms with Crippen molar-refractivity contribution in [3.63, 3.8) is 0 Å². The van der Waals surface area contributed by atoms with Crippen LogP contribution in [-0.4, -0.2) is 21.2 Å². The van der Waals surface area contributed by atoms with Crippen LogP contribution in [0.3, 0.4) is 0 Å². The topological polar surface area (TPSA) is 64.0 Å². The summed E-state index contributed by atoms with van der Waals surface area (Å²) in [6, 6.07) is 13.4. The smallest absolute Gasteiger partial charge is 0.262 e. The molecule has 6 heteroatoms. The van der Waals surface area contributed by atoms with Crippen LogP contribution in [0.15, 0.2) is 52.4 Å². The maximum absolute atomic E-state index is 12.8. The minimum atomic E-state index is -0.100. The van der Waals surface area contributed by atoms with Gasteiger partial charge < -0.3 is 5.32 Å². The predicted molar refractivity (Wildman–Crippen MR) is 121 cm³/mol. The molecule has 2 aromatic carbocycles. The number of fused-ring (bicyclic) bond motifs is 1. The Balaban J connectivity index is 1.83. The molecule has 152 valence electrons. The number of hydrogen-bond acceptors (Lipinski definition) is 4. The van der Waals surface area contributed by atoms with Crippen molar-refractivity contribution in [1.82, 2.24) is 9.55 Å². The maximum atomic E-state index is 12.8. The van der Waals surface area contributed by atoms with Gasteiger partial charge in [0.2, 0.25) is 5.91 Å². The molecule has 5 nitrogen and oxygen atoms in total. The number of benzene rings is 2. The number of anilines is 1. The number of aryl methyl sites for hydroxylation is 1. The van der Waals surface area contributed by atoms with Crippen LogP contribution in [-0.2, 0) is 11.3 Å². The van der Waals surface area contributed by atoms with Gasteiger partial charge in [-0.25, -0.2) is 4.98 Å². The van der Waals surface area contributed by atoms with Crippen molar-refractivity contribution < 1.29 is 4.79 Å². The summed E-state index contributed by atoms with van der Waals surface area (Å²) in [6.07, 6.45) is 0.820. The van der Waals surface area contributed by atoms with E-state index >= 15 is 0 Å². The third-order valence-electron chi connectivity index (χ3n) is 4.80. The van der Waals surface area contributed by atoms with Gasteiger partial charge in [-0.15, -0.1) is 0 Å². The Labute approximate surface area is 175 Å². The zero-order chi connectivity index (χ0) is 21.0. The van der Waals surface area contributed by atoms with Gasteiger partial charge in [-0.3, -0.25) is 14.2 Å². The van der Waals surface area contributed by atoms with Crippen molar-refractivity contribution in [1.29, 1.82) is 0 Å². The van der Waals surface area contributed by atoms with E-state index in [-0.39, 0.29) is 17.2 Å². The molecule has 0 spiro atoms. The Kier molecular flexibility index (Phi) is 6.75. The molecule has 1 N–H and O–H groups in total. The van der Waals surface area contributed by atoms with Crippen molar-refractivity contribution >= 4 is 34.3 Å². The highest BCUT2D eigenvalue weighted by Crippen LogP contribution is 2.28. The summed E-state index contributed by atoms with van der Waals surface area (Å²) < 4.78 is 1.67. The third kappa shape index (κ3) is 4.70. The van der Waals surface area contributed by atoms with Crippen LogP contribution in [0, 0.1) is 6.92 Å². The molecule has 0 saturated carbocycles. The summed E-state index contributed by atoms with van der Waals surface area (Å²) in [5.74, 6) is 0.409. The lowest BCUT2D eigenvalue weighted by Crippen LogP contribution is -2.24. The van der Waals surface area contributed by atoms with Crippen LogP contribution in [0.1, 0.15) is 44.2 Å². The fourth-order valence-corrected chi connectivity index (χ4v) is 4.15. The minimum Gasteiger partial charge on any atom is -0.325 e. The lowest BCUT2D eigenvalue weighted by atomic mass is 9.98. The molecule has 3 aromatic rings. The Bertz CT molecular complexity index is 1090. The SMILES string of the molecule is CCCn1c(SCC(=O)Nc2c(C)cccc2C(C)C)nc2ccccc2c1=O. The van der Waals surface area contributed by atoms with E-state index in [1.807, 2.05) is 50.2 Å². The average molecular weight is 410 g/mol. The van der Waals surface area contributed by atoms with Crippen molar-refractivity contribution in [3.8, 4) is 0 Å². The van der Waals surface area contributed by atoms with E-state index in [1.165, 1.54) is 11.8 Å². The highest BCUT2D eigenvalue weighted by molar-refractivity contribution is 7.99. The molecule has 0 aliphatic rings. The number of carbonyl (C=O) groups excluding carboxylic acids is 1. The molecule has 0 fully saturated rings. The second-order valence-electron chi connectivity index (χ2n) is 7.40. The zero-order valence-electron chi connectivity index (χ0n) is 17.4. The number of rotatable bonds is 7. The molecule has 0 aliphatic carbocycles. The first-order valence-electron chi connectivity index (χ1n) is 9.94. The quantitative estimate of drug-likeness (QED) is 0.442. The summed E-state index contributed by atoms with van der Waals surface area (Å²) in [4.78, 5) is 30.2. The standard InChI is InChI=1S/C23H27N3O2S/c1-5-13-26-22(28)18-10-6-7-12-19(18)24-23(26)29-14-20(27)25-21-16(4)9-8-11-17(21)15(2)3/h6-12,15H,5,13-14H2,1-4H3,(H,25,27). The van der Waals surface area contributed by atoms with Crippen LogP contribution in [0.2, 0.25) is 0 Å². The van der Waals surface area contributed by atoms with Gasteiger partial charge in [0.15, 0.2) is 5.16 Å². The summed E-state index contributed by atoms with van der Waals surface area (Å²) in [7, 11) is 0. The largest absolute Gasteiger partial charge is 0.325 e. The van der Waals surface area contributed by atoms with E-state index in [4.69, 9.17) is 0 Å². The van der Waals surface area contributed by atoms with Gasteiger partial charge in [0.25, 0.3) is 5.56 Å². The first kappa shape index (κ1) is 21.1. The molecule has 1 amide bonds. The van der Waals surface area contributed by atoms with Gasteiger partial charge in [0.1, 0.15) is 0 Å². The molecule has 0 saturated heterocycles. The van der Waals surface area contributed by atoms with Gasteiger partial charge in [0, 0.05) is 12.2 Å². The molecule has 0 radical (unpaired) electrons. The Morgan fingerprint density at radius 1 is 1.17 bits per heavy atom. The second-order valence-corrected chi connectivity index (χ2v) is 8.34. The summed E-state index contributed by atoms with van der Waals surface area (Å²) in [6.45, 7) is 8.83. The van der Waals surface area contributed by atoms with E-state index in [2.05, 4.69) is 24.1 Å². The molecule has 0 atom stereocenters. The van der Waals surface area contributed by atoms with E-state index < -0.39 is 0 Å². The lowest BCUT2D eigenvalue weighted by molar-refractivity contribution is -0.113. The Morgan fingerprint density at radius 2 is 1.93 bits per heavy atom. The number of nitrogens with one attached hydrogen (secondary N) is 1. The van der Waals surface area contributed by atoms with Gasteiger partial charge in [-0.05, 0) is 42.5 Å². The average Bonchev–Trinajstić information content (AvgIpc) is 2.70. The summed E-state index contributed by atoms with van der Waals surface area (Å²) in [5.41, 5.74) is 3.65. The van der Waals surface area contributed by atoms with E-state index in [0.29, 0.717) is 28.5 Å². The zero-order valence-corrected chi connectivity index (χ0v) is 18.2. The van der Waals surface area contributed by atoms with Gasteiger partial charge in [-0.2, -0.15) is 0 Å². The lowest BCUT2D eigenvalue weighted by Gasteiger charge is -2.17. The molecule has 1 heterocycles. The van der Waals surface area contributed by atoms with Gasteiger partial charge >= 0.3 is 0 Å². The molecular formula is C23H27N3O2S. The van der Waals surface area contributed by atoms with Gasteiger partial charge in [0.05, 0.1) is 16.7 Å². The van der Waals surface area contributed by atoms with Crippen LogP contribution < -0.4 is 10.9 Å². The molecule has 29 heavy (non-hydrogen) atoms. The second kappa shape index (κ2) is 9.27. The molecule has 0 unspecified atom stereocenters. The summed E-state index contributed by atoms with van der Waals surface area (Å²) >= 11 is 1.30. The first-order valence-corrected chi connectivity index (χ1v) is 10.9. The van der Waals surface area contributed by atoms with Crippen molar-refractivity contribution in [2.75, 3.05) is 11.1 Å². The number of carbonyl (C=O) groups is 1. The van der Waals surface area contributed by atoms with E-state index in [9.17, 15) is 9.59 Å². The molecule has 0 bridgehead atoms. The van der Waals surface area contributed by atoms with Crippen LogP contribution >= 0.6 is 11.8 Å². The molecular weight excluding hydrogens is 382 g/mol. The molecule has 0 aliphatic heterocycles. The highest BCUT2D eigenvalue weighted by Gasteiger charge is 2.15. The number of amides is 1. The maximum Gasteiger partial charge on any atom is 0.262 e. The predicted octanol–water partition coefficient (Wildman–Crippen LogP) is 4.97. The number of nitrogens with zero attached hydrogens (tertiary/aromatic N) is 2. The van der Waals surface area contributed by atoms with Crippen LogP contribution in [0.25, 0.3) is 10.9 Å². The number of thioether (sulfide) groups is 1. The Morgan fingerprint density at radius 3 is 2.66 bits per heavy atom. The number of hydrogen-bond donors (Lipinski definition) is 1. The normalized spacial score (nSPS) is 11.2. The van der Waals surface area contributed by atoms with E-state index in [0.717, 1.165) is 23.2 Å². The first-order chi connectivity index (χ1) is 13.9. The number of para-hydroxylation sites is 2.